The molecule has 2 rings (SSSR count). The lowest BCUT2D eigenvalue weighted by molar-refractivity contribution is 0.0894. The van der Waals surface area contributed by atoms with E-state index in [4.69, 9.17) is 0 Å². The van der Waals surface area contributed by atoms with E-state index in [-0.39, 0.29) is 6.10 Å². The molecular weight excluding hydrogens is 194 g/mol. The Bertz CT molecular complexity index is 171. The van der Waals surface area contributed by atoms with E-state index in [0.29, 0.717) is 6.04 Å². The molecular formula is C11H21NOS. The van der Waals surface area contributed by atoms with Crippen molar-refractivity contribution in [2.24, 2.45) is 5.92 Å². The van der Waals surface area contributed by atoms with E-state index < -0.39 is 0 Å². The maximum absolute atomic E-state index is 9.78. The summed E-state index contributed by atoms with van der Waals surface area (Å²) in [6.07, 6.45) is 5.93. The Hall–Kier alpha value is 0.270. The third-order valence-electron chi connectivity index (χ3n) is 3.42. The monoisotopic (exact) mass is 215 g/mol. The second-order valence-electron chi connectivity index (χ2n) is 4.60. The van der Waals surface area contributed by atoms with Gasteiger partial charge in [-0.15, -0.1) is 0 Å². The lowest BCUT2D eigenvalue weighted by atomic mass is 9.92. The van der Waals surface area contributed by atoms with Crippen LogP contribution in [0.5, 0.6) is 0 Å². The first-order valence-corrected chi connectivity index (χ1v) is 7.01. The van der Waals surface area contributed by atoms with Crippen LogP contribution in [-0.2, 0) is 0 Å². The number of hydrogen-bond acceptors (Lipinski definition) is 3. The van der Waals surface area contributed by atoms with Crippen molar-refractivity contribution in [3.63, 3.8) is 0 Å². The van der Waals surface area contributed by atoms with Gasteiger partial charge in [0.25, 0.3) is 0 Å². The Kier molecular flexibility index (Phi) is 4.14. The van der Waals surface area contributed by atoms with Gasteiger partial charge in [-0.3, -0.25) is 0 Å². The minimum absolute atomic E-state index is 0.0854. The molecule has 2 fully saturated rings. The van der Waals surface area contributed by atoms with Crippen LogP contribution < -0.4 is 5.32 Å². The van der Waals surface area contributed by atoms with Crippen LogP contribution in [0.2, 0.25) is 0 Å². The topological polar surface area (TPSA) is 32.3 Å². The van der Waals surface area contributed by atoms with Crippen molar-refractivity contribution in [3.8, 4) is 0 Å². The molecule has 1 saturated carbocycles. The summed E-state index contributed by atoms with van der Waals surface area (Å²) in [5.74, 6) is 3.50. The predicted molar refractivity (Wildman–Crippen MR) is 61.7 cm³/mol. The maximum Gasteiger partial charge on any atom is 0.0693 e. The second-order valence-corrected chi connectivity index (χ2v) is 5.75. The van der Waals surface area contributed by atoms with E-state index in [1.165, 1.54) is 37.2 Å². The highest BCUT2D eigenvalue weighted by molar-refractivity contribution is 7.99. The van der Waals surface area contributed by atoms with E-state index in [2.05, 4.69) is 17.1 Å². The van der Waals surface area contributed by atoms with Crippen LogP contribution >= 0.6 is 11.8 Å². The van der Waals surface area contributed by atoms with E-state index in [1.54, 1.807) is 0 Å². The number of aliphatic hydroxyl groups is 1. The first-order valence-electron chi connectivity index (χ1n) is 5.85. The van der Waals surface area contributed by atoms with Gasteiger partial charge in [-0.1, -0.05) is 12.8 Å². The van der Waals surface area contributed by atoms with Crippen molar-refractivity contribution in [2.45, 2.75) is 44.2 Å². The van der Waals surface area contributed by atoms with E-state index >= 15 is 0 Å². The molecule has 1 saturated heterocycles. The summed E-state index contributed by atoms with van der Waals surface area (Å²) in [5, 5.41) is 13.3. The SMILES string of the molecule is OC1CCCCC1NCC1CCSC1. The van der Waals surface area contributed by atoms with Gasteiger partial charge in [-0.05, 0) is 43.2 Å². The second kappa shape index (κ2) is 5.38. The third kappa shape index (κ3) is 2.88. The zero-order chi connectivity index (χ0) is 9.80. The average Bonchev–Trinajstić information content (AvgIpc) is 2.69. The van der Waals surface area contributed by atoms with Crippen LogP contribution in [0.4, 0.5) is 0 Å². The molecule has 1 aliphatic carbocycles. The normalized spacial score (nSPS) is 38.8. The molecule has 0 amide bonds. The minimum atomic E-state index is -0.0854. The van der Waals surface area contributed by atoms with Gasteiger partial charge in [0.1, 0.15) is 0 Å². The smallest absolute Gasteiger partial charge is 0.0693 e. The van der Waals surface area contributed by atoms with Gasteiger partial charge in [-0.25, -0.2) is 0 Å². The highest BCUT2D eigenvalue weighted by Crippen LogP contribution is 2.24. The Balaban J connectivity index is 1.67. The molecule has 3 unspecified atom stereocenters. The van der Waals surface area contributed by atoms with E-state index in [0.717, 1.165) is 18.9 Å². The zero-order valence-electron chi connectivity index (χ0n) is 8.74. The molecule has 0 aromatic carbocycles. The summed E-state index contributed by atoms with van der Waals surface area (Å²) in [4.78, 5) is 0. The Morgan fingerprint density at radius 3 is 2.79 bits per heavy atom. The van der Waals surface area contributed by atoms with Crippen molar-refractivity contribution in [2.75, 3.05) is 18.1 Å². The highest BCUT2D eigenvalue weighted by Gasteiger charge is 2.24. The van der Waals surface area contributed by atoms with Gasteiger partial charge in [0.15, 0.2) is 0 Å². The van der Waals surface area contributed by atoms with Crippen LogP contribution in [0.1, 0.15) is 32.1 Å². The zero-order valence-corrected chi connectivity index (χ0v) is 9.56. The number of nitrogens with one attached hydrogen (secondary N) is 1. The number of rotatable bonds is 3. The summed E-state index contributed by atoms with van der Waals surface area (Å²) in [5.41, 5.74) is 0. The van der Waals surface area contributed by atoms with Gasteiger partial charge in [-0.2, -0.15) is 11.8 Å². The predicted octanol–water partition coefficient (Wildman–Crippen LogP) is 1.63. The van der Waals surface area contributed by atoms with Crippen molar-refractivity contribution >= 4 is 11.8 Å². The fourth-order valence-electron chi connectivity index (χ4n) is 2.41. The van der Waals surface area contributed by atoms with Crippen molar-refractivity contribution in [3.05, 3.63) is 0 Å². The molecule has 82 valence electrons. The largest absolute Gasteiger partial charge is 0.392 e. The van der Waals surface area contributed by atoms with E-state index in [9.17, 15) is 5.11 Å². The van der Waals surface area contributed by atoms with Gasteiger partial charge >= 0.3 is 0 Å². The molecule has 0 spiro atoms. The summed E-state index contributed by atoms with van der Waals surface area (Å²) in [6.45, 7) is 1.12. The molecule has 3 heteroatoms. The lowest BCUT2D eigenvalue weighted by Crippen LogP contribution is -2.43. The van der Waals surface area contributed by atoms with Crippen LogP contribution in [0.15, 0.2) is 0 Å². The fraction of sp³-hybridized carbons (Fsp3) is 1.00. The molecule has 2 nitrogen and oxygen atoms in total. The number of hydrogen-bond donors (Lipinski definition) is 2. The molecule has 1 aliphatic heterocycles. The summed E-state index contributed by atoms with van der Waals surface area (Å²) < 4.78 is 0. The minimum Gasteiger partial charge on any atom is -0.392 e. The molecule has 14 heavy (non-hydrogen) atoms. The highest BCUT2D eigenvalue weighted by atomic mass is 32.2. The Labute approximate surface area is 90.8 Å². The molecule has 0 bridgehead atoms. The molecule has 2 aliphatic rings. The number of thioether (sulfide) groups is 1. The summed E-state index contributed by atoms with van der Waals surface area (Å²) in [7, 11) is 0. The first kappa shape index (κ1) is 10.8. The third-order valence-corrected chi connectivity index (χ3v) is 4.65. The first-order chi connectivity index (χ1) is 6.86. The van der Waals surface area contributed by atoms with Gasteiger partial charge < -0.3 is 10.4 Å². The maximum atomic E-state index is 9.78. The van der Waals surface area contributed by atoms with Gasteiger partial charge in [0, 0.05) is 6.04 Å². The molecule has 0 aromatic heterocycles. The summed E-state index contributed by atoms with van der Waals surface area (Å²) in [6, 6.07) is 0.384. The van der Waals surface area contributed by atoms with Crippen LogP contribution in [-0.4, -0.2) is 35.3 Å². The van der Waals surface area contributed by atoms with E-state index in [1.807, 2.05) is 0 Å². The summed E-state index contributed by atoms with van der Waals surface area (Å²) >= 11 is 2.07. The molecule has 2 N–H and O–H groups in total. The lowest BCUT2D eigenvalue weighted by Gasteiger charge is -2.29. The van der Waals surface area contributed by atoms with Gasteiger partial charge in [0.2, 0.25) is 0 Å². The molecule has 0 radical (unpaired) electrons. The molecule has 1 heterocycles. The van der Waals surface area contributed by atoms with Crippen LogP contribution in [0.3, 0.4) is 0 Å². The average molecular weight is 215 g/mol. The van der Waals surface area contributed by atoms with Crippen molar-refractivity contribution < 1.29 is 5.11 Å². The number of aliphatic hydroxyl groups excluding tert-OH is 1. The quantitative estimate of drug-likeness (QED) is 0.750. The van der Waals surface area contributed by atoms with Crippen molar-refractivity contribution in [1.29, 1.82) is 0 Å². The Morgan fingerprint density at radius 2 is 2.07 bits per heavy atom. The van der Waals surface area contributed by atoms with Gasteiger partial charge in [0.05, 0.1) is 6.10 Å². The van der Waals surface area contributed by atoms with Crippen molar-refractivity contribution in [1.82, 2.24) is 5.32 Å². The molecule has 0 aromatic rings. The Morgan fingerprint density at radius 1 is 1.21 bits per heavy atom. The fourth-order valence-corrected chi connectivity index (χ4v) is 3.70. The molecule has 3 atom stereocenters. The van der Waals surface area contributed by atoms with Crippen LogP contribution in [0.25, 0.3) is 0 Å². The van der Waals surface area contributed by atoms with Crippen LogP contribution in [0, 0.1) is 5.92 Å². The standard InChI is InChI=1S/C11H21NOS/c13-11-4-2-1-3-10(11)12-7-9-5-6-14-8-9/h9-13H,1-8H2.